The minimum Gasteiger partial charge on any atom is -0.359 e. The highest BCUT2D eigenvalue weighted by molar-refractivity contribution is 5.34. The van der Waals surface area contributed by atoms with Crippen molar-refractivity contribution in [2.45, 2.75) is 41.5 Å². The molecular formula is C12H21N. The summed E-state index contributed by atoms with van der Waals surface area (Å²) in [6, 6.07) is 0. The summed E-state index contributed by atoms with van der Waals surface area (Å²) in [5, 5.41) is 2.58. The number of nitrogens with one attached hydrogen (secondary N) is 1. The smallest absolute Gasteiger partial charge is 0.0412 e. The summed E-state index contributed by atoms with van der Waals surface area (Å²) in [6.07, 6.45) is 4.25. The minimum absolute atomic E-state index is 1.24. The number of H-pyrrole nitrogens is 1. The highest BCUT2D eigenvalue weighted by Crippen LogP contribution is 1.91. The van der Waals surface area contributed by atoms with Gasteiger partial charge in [0.1, 0.15) is 0 Å². The van der Waals surface area contributed by atoms with Crippen molar-refractivity contribution in [2.24, 2.45) is 0 Å². The number of rotatable bonds is 0. The molecule has 0 saturated carbocycles. The molecule has 1 heteroatoms. The fraction of sp³-hybridized carbons (Fsp3) is 0.500. The Balaban J connectivity index is 0.000000671. The van der Waals surface area contributed by atoms with Crippen molar-refractivity contribution >= 4 is 12.2 Å². The summed E-state index contributed by atoms with van der Waals surface area (Å²) in [5.41, 5.74) is 2.63. The number of aromatic amines is 1. The summed E-state index contributed by atoms with van der Waals surface area (Å²) in [5.74, 6) is 0. The highest BCUT2D eigenvalue weighted by atomic mass is 14.7. The van der Waals surface area contributed by atoms with Crippen LogP contribution < -0.4 is 10.6 Å². The zero-order valence-corrected chi connectivity index (χ0v) is 9.65. The lowest BCUT2D eigenvalue weighted by Gasteiger charge is -1.84. The van der Waals surface area contributed by atoms with Crippen LogP contribution in [0.5, 0.6) is 0 Å². The summed E-state index contributed by atoms with van der Waals surface area (Å²) < 4.78 is 0. The predicted octanol–water partition coefficient (Wildman–Crippen LogP) is 2.26. The third kappa shape index (κ3) is 2.48. The van der Waals surface area contributed by atoms with Gasteiger partial charge in [-0.15, -0.1) is 0 Å². The van der Waals surface area contributed by atoms with E-state index in [1.54, 1.807) is 0 Å². The van der Waals surface area contributed by atoms with Crippen molar-refractivity contribution in [3.05, 3.63) is 21.8 Å². The largest absolute Gasteiger partial charge is 0.359 e. The topological polar surface area (TPSA) is 15.8 Å². The fourth-order valence-corrected chi connectivity index (χ4v) is 1.37. The van der Waals surface area contributed by atoms with E-state index in [0.29, 0.717) is 0 Å². The van der Waals surface area contributed by atoms with Gasteiger partial charge in [-0.05, 0) is 38.5 Å². The number of aryl methyl sites for hydroxylation is 1. The number of hydrogen-bond acceptors (Lipinski definition) is 0. The van der Waals surface area contributed by atoms with E-state index in [2.05, 4.69) is 44.8 Å². The SMILES string of the molecule is C/C=c1/c(C)c(C)[nH]/c1=C/C.CC. The second-order valence-electron chi connectivity index (χ2n) is 2.78. The van der Waals surface area contributed by atoms with Gasteiger partial charge in [0.25, 0.3) is 0 Å². The van der Waals surface area contributed by atoms with Crippen LogP contribution in [0.1, 0.15) is 39.0 Å². The molecular weight excluding hydrogens is 158 g/mol. The van der Waals surface area contributed by atoms with Crippen LogP contribution in [-0.2, 0) is 0 Å². The number of hydrogen-bond donors (Lipinski definition) is 1. The second kappa shape index (κ2) is 5.63. The molecule has 0 atom stereocenters. The highest BCUT2D eigenvalue weighted by Gasteiger charge is 1.96. The van der Waals surface area contributed by atoms with E-state index in [-0.39, 0.29) is 0 Å². The second-order valence-corrected chi connectivity index (χ2v) is 2.78. The number of aromatic nitrogens is 1. The van der Waals surface area contributed by atoms with Crippen molar-refractivity contribution in [1.82, 2.24) is 4.98 Å². The van der Waals surface area contributed by atoms with Crippen LogP contribution in [0.4, 0.5) is 0 Å². The molecule has 1 aromatic heterocycles. The van der Waals surface area contributed by atoms with E-state index in [9.17, 15) is 0 Å². The molecule has 1 nitrogen and oxygen atoms in total. The van der Waals surface area contributed by atoms with Crippen molar-refractivity contribution < 1.29 is 0 Å². The maximum absolute atomic E-state index is 3.33. The van der Waals surface area contributed by atoms with E-state index in [0.717, 1.165) is 0 Å². The molecule has 0 saturated heterocycles. The van der Waals surface area contributed by atoms with Crippen LogP contribution >= 0.6 is 0 Å². The summed E-state index contributed by atoms with van der Waals surface area (Å²) in [6.45, 7) is 12.4. The average molecular weight is 179 g/mol. The Kier molecular flexibility index (Phi) is 5.20. The van der Waals surface area contributed by atoms with Crippen molar-refractivity contribution in [1.29, 1.82) is 0 Å². The van der Waals surface area contributed by atoms with Crippen LogP contribution in [0.2, 0.25) is 0 Å². The molecule has 0 unspecified atom stereocenters. The molecule has 1 heterocycles. The molecule has 74 valence electrons. The van der Waals surface area contributed by atoms with Crippen molar-refractivity contribution in [3.63, 3.8) is 0 Å². The van der Waals surface area contributed by atoms with Gasteiger partial charge in [0.15, 0.2) is 0 Å². The first-order valence-corrected chi connectivity index (χ1v) is 4.98. The lowest BCUT2D eigenvalue weighted by atomic mass is 10.2. The molecule has 13 heavy (non-hydrogen) atoms. The summed E-state index contributed by atoms with van der Waals surface area (Å²) in [4.78, 5) is 3.33. The zero-order chi connectivity index (χ0) is 10.4. The molecule has 0 radical (unpaired) electrons. The molecule has 1 aromatic rings. The maximum atomic E-state index is 3.33. The lowest BCUT2D eigenvalue weighted by molar-refractivity contribution is 1.20. The zero-order valence-electron chi connectivity index (χ0n) is 9.65. The van der Waals surface area contributed by atoms with Gasteiger partial charge in [-0.25, -0.2) is 0 Å². The van der Waals surface area contributed by atoms with Crippen LogP contribution in [-0.4, -0.2) is 4.98 Å². The molecule has 1 N–H and O–H groups in total. The van der Waals surface area contributed by atoms with Gasteiger partial charge in [-0.3, -0.25) is 0 Å². The quantitative estimate of drug-likeness (QED) is 0.629. The van der Waals surface area contributed by atoms with E-state index in [1.165, 1.54) is 21.8 Å². The Morgan fingerprint density at radius 2 is 1.54 bits per heavy atom. The van der Waals surface area contributed by atoms with E-state index < -0.39 is 0 Å². The summed E-state index contributed by atoms with van der Waals surface area (Å²) >= 11 is 0. The lowest BCUT2D eigenvalue weighted by Crippen LogP contribution is -2.22. The Labute approximate surface area is 81.2 Å². The third-order valence-electron chi connectivity index (χ3n) is 2.16. The van der Waals surface area contributed by atoms with Crippen LogP contribution in [0.15, 0.2) is 0 Å². The van der Waals surface area contributed by atoms with E-state index in [1.807, 2.05) is 13.8 Å². The average Bonchev–Trinajstić information content (AvgIpc) is 2.46. The van der Waals surface area contributed by atoms with Gasteiger partial charge in [0, 0.05) is 11.0 Å². The Morgan fingerprint density at radius 3 is 1.85 bits per heavy atom. The van der Waals surface area contributed by atoms with Crippen LogP contribution in [0.3, 0.4) is 0 Å². The van der Waals surface area contributed by atoms with Gasteiger partial charge in [-0.1, -0.05) is 26.0 Å². The van der Waals surface area contributed by atoms with Gasteiger partial charge in [0.05, 0.1) is 0 Å². The molecule has 1 rings (SSSR count). The Morgan fingerprint density at radius 1 is 1.00 bits per heavy atom. The standard InChI is InChI=1S/C10H15N.C2H6/c1-5-9-7(3)8(4)11-10(9)6-2;1-2/h5-6,11H,1-4H3;1-2H3/b9-5-,10-6+;. The molecule has 0 amide bonds. The summed E-state index contributed by atoms with van der Waals surface area (Å²) in [7, 11) is 0. The monoisotopic (exact) mass is 179 g/mol. The molecule has 0 fully saturated rings. The first kappa shape index (κ1) is 12.0. The van der Waals surface area contributed by atoms with Gasteiger partial charge >= 0.3 is 0 Å². The van der Waals surface area contributed by atoms with Gasteiger partial charge in [0.2, 0.25) is 0 Å². The van der Waals surface area contributed by atoms with Crippen molar-refractivity contribution in [2.75, 3.05) is 0 Å². The third-order valence-corrected chi connectivity index (χ3v) is 2.16. The molecule has 0 spiro atoms. The van der Waals surface area contributed by atoms with Gasteiger partial charge < -0.3 is 4.98 Å². The van der Waals surface area contributed by atoms with Crippen LogP contribution in [0, 0.1) is 13.8 Å². The molecule has 0 aliphatic rings. The van der Waals surface area contributed by atoms with E-state index >= 15 is 0 Å². The van der Waals surface area contributed by atoms with Crippen LogP contribution in [0.25, 0.3) is 12.2 Å². The first-order valence-electron chi connectivity index (χ1n) is 4.98. The molecule has 0 aliphatic heterocycles. The van der Waals surface area contributed by atoms with E-state index in [4.69, 9.17) is 0 Å². The molecule has 0 aliphatic carbocycles. The van der Waals surface area contributed by atoms with Crippen molar-refractivity contribution in [3.8, 4) is 0 Å². The normalized spacial score (nSPS) is 12.8. The Bertz CT molecular complexity index is 355. The fourth-order valence-electron chi connectivity index (χ4n) is 1.37. The predicted molar refractivity (Wildman–Crippen MR) is 61.1 cm³/mol. The minimum atomic E-state index is 1.24. The van der Waals surface area contributed by atoms with Gasteiger partial charge in [-0.2, -0.15) is 0 Å². The molecule has 0 bridgehead atoms. The maximum Gasteiger partial charge on any atom is 0.0412 e. The molecule has 0 aromatic carbocycles. The Hall–Kier alpha value is -0.980. The first-order chi connectivity index (χ1) is 6.20.